The van der Waals surface area contributed by atoms with Crippen molar-refractivity contribution in [1.29, 1.82) is 0 Å². The Morgan fingerprint density at radius 2 is 0.663 bits per heavy atom. The highest BCUT2D eigenvalue weighted by molar-refractivity contribution is 7.86. The molecule has 0 amide bonds. The molecule has 0 unspecified atom stereocenters. The number of rotatable bonds is 22. The predicted octanol–water partition coefficient (Wildman–Crippen LogP) is 12.6. The fourth-order valence-corrected chi connectivity index (χ4v) is 11.8. The Bertz CT molecular complexity index is 4810. The molecule has 98 heavy (non-hydrogen) atoms. The van der Waals surface area contributed by atoms with E-state index in [0.717, 1.165) is 36.4 Å². The summed E-state index contributed by atoms with van der Waals surface area (Å²) in [6, 6.07) is 31.4. The fraction of sp³-hybridized carbons (Fsp3) is 0.200. The van der Waals surface area contributed by atoms with Gasteiger partial charge in [-0.05, 0) is 183 Å². The molecule has 11 rings (SSSR count). The maximum atomic E-state index is 12.5. The molecule has 2 aromatic heterocycles. The molecule has 2 saturated heterocycles. The van der Waals surface area contributed by atoms with Crippen molar-refractivity contribution in [3.8, 4) is 0 Å². The molecule has 0 radical (unpaired) electrons. The summed E-state index contributed by atoms with van der Waals surface area (Å²) in [4.78, 5) is 30.6. The molecule has 0 bridgehead atoms. The van der Waals surface area contributed by atoms with Gasteiger partial charge in [0.05, 0.1) is 70.3 Å². The summed E-state index contributed by atoms with van der Waals surface area (Å²) in [5.41, 5.74) is 5.87. The molecule has 4 heterocycles. The topological polar surface area (TPSA) is 467 Å². The summed E-state index contributed by atoms with van der Waals surface area (Å²) in [6.07, 6.45) is 0. The highest BCUT2D eigenvalue weighted by atomic mass is 32.2. The van der Waals surface area contributed by atoms with Crippen LogP contribution >= 0.6 is 0 Å². The number of aryl methyl sites for hydroxylation is 4. The van der Waals surface area contributed by atoms with Crippen LogP contribution in [-0.4, -0.2) is 134 Å². The molecule has 0 spiro atoms. The average molecular weight is 1410 g/mol. The summed E-state index contributed by atoms with van der Waals surface area (Å²) in [5, 5.41) is 46.1. The molecular formula is C60H58N20O14S4. The Balaban J connectivity index is 0.781. The first-order chi connectivity index (χ1) is 46.6. The zero-order valence-corrected chi connectivity index (χ0v) is 55.3. The van der Waals surface area contributed by atoms with E-state index in [9.17, 15) is 51.9 Å². The molecular weight excluding hydrogens is 1350 g/mol. The monoisotopic (exact) mass is 1410 g/mol. The van der Waals surface area contributed by atoms with Crippen molar-refractivity contribution in [2.24, 2.45) is 40.9 Å². The number of hydrogen-bond acceptors (Lipinski definition) is 30. The van der Waals surface area contributed by atoms with Crippen LogP contribution in [0, 0.1) is 27.7 Å². The number of aromatic nitrogens is 6. The van der Waals surface area contributed by atoms with Gasteiger partial charge in [0.25, 0.3) is 40.5 Å². The number of ether oxygens (including phenoxy) is 2. The number of nitrogens with one attached hydrogen (secondary N) is 4. The number of nitrogens with zero attached hydrogens (tertiary/aromatic N) is 16. The Hall–Kier alpha value is -10.7. The zero-order valence-electron chi connectivity index (χ0n) is 52.0. The highest BCUT2D eigenvalue weighted by Crippen LogP contribution is 2.37. The van der Waals surface area contributed by atoms with Crippen LogP contribution in [0.4, 0.5) is 104 Å². The molecule has 38 heteroatoms. The van der Waals surface area contributed by atoms with E-state index >= 15 is 0 Å². The van der Waals surface area contributed by atoms with Crippen LogP contribution < -0.4 is 31.1 Å². The molecule has 7 aromatic carbocycles. The number of anilines is 10. The van der Waals surface area contributed by atoms with E-state index in [-0.39, 0.29) is 67.7 Å². The van der Waals surface area contributed by atoms with Gasteiger partial charge >= 0.3 is 0 Å². The fourth-order valence-electron chi connectivity index (χ4n) is 9.51. The molecule has 9 aromatic rings. The minimum absolute atomic E-state index is 0.0186. The molecule has 8 N–H and O–H groups in total. The van der Waals surface area contributed by atoms with Gasteiger partial charge in [-0.3, -0.25) is 18.2 Å². The van der Waals surface area contributed by atoms with Gasteiger partial charge in [-0.15, -0.1) is 10.2 Å². The van der Waals surface area contributed by atoms with Gasteiger partial charge in [0.2, 0.25) is 35.7 Å². The maximum absolute atomic E-state index is 12.5. The summed E-state index contributed by atoms with van der Waals surface area (Å²) < 4.78 is 146. The van der Waals surface area contributed by atoms with Crippen molar-refractivity contribution >= 4 is 144 Å². The van der Waals surface area contributed by atoms with Crippen molar-refractivity contribution in [3.63, 3.8) is 0 Å². The Labute approximate surface area is 560 Å². The van der Waals surface area contributed by atoms with Gasteiger partial charge in [-0.2, -0.15) is 94.3 Å². The molecule has 2 aliphatic heterocycles. The lowest BCUT2D eigenvalue weighted by molar-refractivity contribution is 0.122. The Morgan fingerprint density at radius 3 is 1.00 bits per heavy atom. The Morgan fingerprint density at radius 1 is 0.347 bits per heavy atom. The van der Waals surface area contributed by atoms with Crippen molar-refractivity contribution in [2.45, 2.75) is 47.3 Å². The van der Waals surface area contributed by atoms with Crippen LogP contribution in [0.1, 0.15) is 22.3 Å². The van der Waals surface area contributed by atoms with Crippen molar-refractivity contribution in [1.82, 2.24) is 29.9 Å². The lowest BCUT2D eigenvalue weighted by Crippen LogP contribution is -2.37. The molecule has 2 aliphatic rings. The molecule has 0 saturated carbocycles. The lowest BCUT2D eigenvalue weighted by Gasteiger charge is -2.27. The van der Waals surface area contributed by atoms with Crippen LogP contribution in [0.25, 0.3) is 0 Å². The summed E-state index contributed by atoms with van der Waals surface area (Å²) in [6.45, 7) is 11.1. The third-order valence-corrected chi connectivity index (χ3v) is 18.1. The van der Waals surface area contributed by atoms with E-state index in [4.69, 9.17) is 39.4 Å². The molecule has 2 fully saturated rings. The molecule has 0 aliphatic carbocycles. The SMILES string of the molecule is Cc1cc(Nc2nc(Nc3ccc(Nc4nc(Nc5cc(C)c(N=Nc6ccc(N=Nc7ccc(S(=O)(=O)O)cc7)cc6S(=O)(=O)O)cc5C)nc(N5CCOCC5)n4)cc3)nc(N3CCOCC3)n2)c(C)cc1N=Nc1ccc(N=Nc2ccc(S(=O)(=O)O)cc2)cc1S(=O)(=O)O. The van der Waals surface area contributed by atoms with Crippen LogP contribution in [-0.2, 0) is 49.9 Å². The van der Waals surface area contributed by atoms with E-state index in [0.29, 0.717) is 121 Å². The summed E-state index contributed by atoms with van der Waals surface area (Å²) in [7, 11) is -18.6. The van der Waals surface area contributed by atoms with Gasteiger partial charge < -0.3 is 40.5 Å². The van der Waals surface area contributed by atoms with Gasteiger partial charge in [-0.25, -0.2) is 0 Å². The summed E-state index contributed by atoms with van der Waals surface area (Å²) in [5.74, 6) is 1.63. The second-order valence-electron chi connectivity index (χ2n) is 21.7. The third-order valence-electron chi connectivity index (χ3n) is 14.6. The first kappa shape index (κ1) is 68.7. The van der Waals surface area contributed by atoms with E-state index in [1.807, 2.05) is 47.9 Å². The summed E-state index contributed by atoms with van der Waals surface area (Å²) >= 11 is 0. The van der Waals surface area contributed by atoms with Gasteiger partial charge in [-0.1, -0.05) is 0 Å². The first-order valence-electron chi connectivity index (χ1n) is 29.3. The standard InChI is InChI=1S/C60H58N20O14S4/c1-35-31-51(77-75-47-19-13-43(33-53(47)97(87,88)89)73-71-41-9-15-45(16-10-41)95(81,82)83)37(3)29-49(35)63-57-65-55(67-59(69-57)79-21-25-93-26-22-79)61-39-5-7-40(8-6-39)62-56-66-58(70-60(68-56)80-23-27-94-28-24-80)64-50-30-38(4)52(32-36(50)2)78-76-48-20-14-44(34-54(48)98(90,91)92)74-72-42-11-17-46(18-12-42)96(84,85)86/h5-20,29-34H,21-28H2,1-4H3,(H,81,82,83)(H,84,85,86)(H,87,88,89)(H,90,91,92)(H2,61,63,65,67,69)(H2,62,64,66,68,70). The van der Waals surface area contributed by atoms with Crippen LogP contribution in [0.15, 0.2) is 194 Å². The average Bonchev–Trinajstić information content (AvgIpc) is 0.823. The minimum Gasteiger partial charge on any atom is -0.378 e. The quantitative estimate of drug-likeness (QED) is 0.0231. The van der Waals surface area contributed by atoms with Gasteiger partial charge in [0, 0.05) is 48.9 Å². The number of azo groups is 4. The number of benzene rings is 7. The number of hydrogen-bond donors (Lipinski definition) is 8. The van der Waals surface area contributed by atoms with Crippen molar-refractivity contribution < 1.29 is 61.4 Å². The first-order valence-corrected chi connectivity index (χ1v) is 35.0. The second kappa shape index (κ2) is 29.0. The highest BCUT2D eigenvalue weighted by Gasteiger charge is 2.23. The normalized spacial score (nSPS) is 14.2. The smallest absolute Gasteiger partial charge is 0.296 e. The van der Waals surface area contributed by atoms with E-state index in [1.165, 1.54) is 48.5 Å². The minimum atomic E-state index is -4.84. The van der Waals surface area contributed by atoms with E-state index in [2.05, 4.69) is 62.2 Å². The maximum Gasteiger partial charge on any atom is 0.296 e. The van der Waals surface area contributed by atoms with Crippen molar-refractivity contribution in [3.05, 3.63) is 156 Å². The number of morpholine rings is 2. The van der Waals surface area contributed by atoms with E-state index in [1.54, 1.807) is 38.1 Å². The largest absolute Gasteiger partial charge is 0.378 e. The van der Waals surface area contributed by atoms with Crippen molar-refractivity contribution in [2.75, 3.05) is 83.7 Å². The van der Waals surface area contributed by atoms with Crippen LogP contribution in [0.2, 0.25) is 0 Å². The van der Waals surface area contributed by atoms with Crippen LogP contribution in [0.5, 0.6) is 0 Å². The molecule has 0 atom stereocenters. The lowest BCUT2D eigenvalue weighted by atomic mass is 10.1. The second-order valence-corrected chi connectivity index (χ2v) is 27.4. The Kier molecular flexibility index (Phi) is 20.3. The molecule has 34 nitrogen and oxygen atoms in total. The third kappa shape index (κ3) is 17.7. The van der Waals surface area contributed by atoms with Crippen LogP contribution in [0.3, 0.4) is 0 Å². The van der Waals surface area contributed by atoms with E-state index < -0.39 is 50.3 Å². The van der Waals surface area contributed by atoms with Gasteiger partial charge in [0.1, 0.15) is 21.2 Å². The predicted molar refractivity (Wildman–Crippen MR) is 359 cm³/mol. The van der Waals surface area contributed by atoms with Gasteiger partial charge in [0.15, 0.2) is 0 Å². The zero-order chi connectivity index (χ0) is 69.5. The molecule has 506 valence electrons.